The van der Waals surface area contributed by atoms with Crippen LogP contribution >= 0.6 is 27.3 Å². The lowest BCUT2D eigenvalue weighted by atomic mass is 9.89. The van der Waals surface area contributed by atoms with Gasteiger partial charge < -0.3 is 5.32 Å². The Kier molecular flexibility index (Phi) is 4.26. The molecule has 0 saturated heterocycles. The number of nitrogens with one attached hydrogen (secondary N) is 1. The second-order valence-corrected chi connectivity index (χ2v) is 6.30. The molecule has 2 rings (SSSR count). The molecule has 1 N–H and O–H groups in total. The van der Waals surface area contributed by atoms with Crippen LogP contribution in [0.3, 0.4) is 0 Å². The van der Waals surface area contributed by atoms with Crippen molar-refractivity contribution < 1.29 is 4.79 Å². The Morgan fingerprint density at radius 2 is 2.18 bits per heavy atom. The fraction of sp³-hybridized carbons (Fsp3) is 0.615. The average Bonchev–Trinajstić information content (AvgIpc) is 2.95. The Morgan fingerprint density at radius 1 is 1.47 bits per heavy atom. The number of rotatable bonds is 4. The first-order valence-corrected chi connectivity index (χ1v) is 8.10. The van der Waals surface area contributed by atoms with E-state index in [1.807, 2.05) is 17.7 Å². The molecule has 94 valence electrons. The van der Waals surface area contributed by atoms with E-state index in [2.05, 4.69) is 21.2 Å². The highest BCUT2D eigenvalue weighted by Crippen LogP contribution is 2.39. The van der Waals surface area contributed by atoms with Crippen molar-refractivity contribution >= 4 is 33.2 Å². The van der Waals surface area contributed by atoms with Gasteiger partial charge in [0.05, 0.1) is 5.56 Å². The lowest BCUT2D eigenvalue weighted by molar-refractivity contribution is 0.0935. The predicted molar refractivity (Wildman–Crippen MR) is 76.1 cm³/mol. The Balaban J connectivity index is 1.94. The van der Waals surface area contributed by atoms with Gasteiger partial charge in [0, 0.05) is 17.3 Å². The summed E-state index contributed by atoms with van der Waals surface area (Å²) in [6.07, 6.45) is 5.03. The molecule has 1 aliphatic carbocycles. The lowest BCUT2D eigenvalue weighted by Crippen LogP contribution is -2.37. The summed E-state index contributed by atoms with van der Waals surface area (Å²) >= 11 is 5.18. The molecular weight excluding hydrogens is 298 g/mol. The van der Waals surface area contributed by atoms with Crippen LogP contribution in [0.2, 0.25) is 0 Å². The first kappa shape index (κ1) is 13.1. The molecule has 1 aliphatic rings. The quantitative estimate of drug-likeness (QED) is 0.842. The van der Waals surface area contributed by atoms with Crippen LogP contribution < -0.4 is 5.32 Å². The summed E-state index contributed by atoms with van der Waals surface area (Å²) in [6.45, 7) is 2.79. The van der Waals surface area contributed by atoms with Gasteiger partial charge in [0.1, 0.15) is 0 Å². The van der Waals surface area contributed by atoms with E-state index in [0.29, 0.717) is 5.41 Å². The predicted octanol–water partition coefficient (Wildman–Crippen LogP) is 3.74. The maximum Gasteiger partial charge on any atom is 0.252 e. The van der Waals surface area contributed by atoms with Gasteiger partial charge in [-0.2, -0.15) is 11.3 Å². The molecule has 17 heavy (non-hydrogen) atoms. The molecule has 0 atom stereocenters. The van der Waals surface area contributed by atoms with Crippen LogP contribution in [0.25, 0.3) is 0 Å². The van der Waals surface area contributed by atoms with Gasteiger partial charge in [-0.05, 0) is 36.1 Å². The van der Waals surface area contributed by atoms with Crippen molar-refractivity contribution in [3.8, 4) is 0 Å². The number of amides is 1. The number of hydrogen-bond acceptors (Lipinski definition) is 2. The van der Waals surface area contributed by atoms with Crippen molar-refractivity contribution in [1.29, 1.82) is 0 Å². The van der Waals surface area contributed by atoms with Gasteiger partial charge in [-0.3, -0.25) is 4.79 Å². The third-order valence-corrected chi connectivity index (χ3v) is 5.72. The summed E-state index contributed by atoms with van der Waals surface area (Å²) in [7, 11) is 0. The molecule has 0 unspecified atom stereocenters. The molecule has 1 saturated carbocycles. The van der Waals surface area contributed by atoms with E-state index in [1.165, 1.54) is 25.7 Å². The zero-order chi connectivity index (χ0) is 12.3. The number of aryl methyl sites for hydroxylation is 1. The summed E-state index contributed by atoms with van der Waals surface area (Å²) < 4.78 is 0. The normalized spacial score (nSPS) is 18.2. The van der Waals surface area contributed by atoms with Crippen molar-refractivity contribution in [2.75, 3.05) is 11.9 Å². The van der Waals surface area contributed by atoms with Gasteiger partial charge in [0.15, 0.2) is 0 Å². The average molecular weight is 316 g/mol. The zero-order valence-electron chi connectivity index (χ0n) is 10.1. The number of hydrogen-bond donors (Lipinski definition) is 1. The summed E-state index contributed by atoms with van der Waals surface area (Å²) in [5, 5.41) is 8.04. The summed E-state index contributed by atoms with van der Waals surface area (Å²) in [6, 6.07) is 0. The highest BCUT2D eigenvalue weighted by atomic mass is 79.9. The Labute approximate surface area is 115 Å². The van der Waals surface area contributed by atoms with E-state index in [9.17, 15) is 4.79 Å². The molecule has 0 aromatic carbocycles. The SMILES string of the molecule is Cc1cscc1C(=O)NCC1(CBr)CCCC1. The summed E-state index contributed by atoms with van der Waals surface area (Å²) in [5.74, 6) is 0.0796. The van der Waals surface area contributed by atoms with Crippen LogP contribution in [0.15, 0.2) is 10.8 Å². The highest BCUT2D eigenvalue weighted by molar-refractivity contribution is 9.09. The first-order chi connectivity index (χ1) is 8.17. The second-order valence-electron chi connectivity index (χ2n) is 4.99. The third kappa shape index (κ3) is 2.91. The maximum atomic E-state index is 12.0. The number of halogens is 1. The van der Waals surface area contributed by atoms with Crippen molar-refractivity contribution in [3.63, 3.8) is 0 Å². The van der Waals surface area contributed by atoms with Gasteiger partial charge in [0.2, 0.25) is 0 Å². The molecule has 4 heteroatoms. The second kappa shape index (κ2) is 5.53. The monoisotopic (exact) mass is 315 g/mol. The van der Waals surface area contributed by atoms with Gasteiger partial charge in [-0.1, -0.05) is 28.8 Å². The molecule has 0 radical (unpaired) electrons. The fourth-order valence-electron chi connectivity index (χ4n) is 2.44. The van der Waals surface area contributed by atoms with Crippen LogP contribution in [0.5, 0.6) is 0 Å². The standard InChI is InChI=1S/C13H18BrNOS/c1-10-6-17-7-11(10)12(16)15-9-13(8-14)4-2-3-5-13/h6-7H,2-5,8-9H2,1H3,(H,15,16). The molecule has 1 heterocycles. The minimum atomic E-state index is 0.0796. The molecule has 0 aliphatic heterocycles. The smallest absolute Gasteiger partial charge is 0.252 e. The minimum absolute atomic E-state index is 0.0796. The van der Waals surface area contributed by atoms with Gasteiger partial charge in [-0.15, -0.1) is 0 Å². The minimum Gasteiger partial charge on any atom is -0.351 e. The highest BCUT2D eigenvalue weighted by Gasteiger charge is 2.33. The molecule has 2 nitrogen and oxygen atoms in total. The summed E-state index contributed by atoms with van der Waals surface area (Å²) in [4.78, 5) is 12.0. The van der Waals surface area contributed by atoms with Crippen LogP contribution in [0.4, 0.5) is 0 Å². The topological polar surface area (TPSA) is 29.1 Å². The fourth-order valence-corrected chi connectivity index (χ4v) is 4.03. The maximum absolute atomic E-state index is 12.0. The van der Waals surface area contributed by atoms with E-state index in [0.717, 1.165) is 23.0 Å². The van der Waals surface area contributed by atoms with Crippen molar-refractivity contribution in [1.82, 2.24) is 5.32 Å². The first-order valence-electron chi connectivity index (χ1n) is 6.04. The Bertz CT molecular complexity index is 396. The summed E-state index contributed by atoms with van der Waals surface area (Å²) in [5.41, 5.74) is 2.20. The molecule has 0 spiro atoms. The Morgan fingerprint density at radius 3 is 2.71 bits per heavy atom. The zero-order valence-corrected chi connectivity index (χ0v) is 12.5. The van der Waals surface area contributed by atoms with Crippen LogP contribution in [-0.2, 0) is 0 Å². The molecule has 0 bridgehead atoms. The van der Waals surface area contributed by atoms with Crippen molar-refractivity contribution in [2.24, 2.45) is 5.41 Å². The third-order valence-electron chi connectivity index (χ3n) is 3.67. The van der Waals surface area contributed by atoms with Crippen LogP contribution in [0.1, 0.15) is 41.6 Å². The number of alkyl halides is 1. The number of carbonyl (C=O) groups excluding carboxylic acids is 1. The van der Waals surface area contributed by atoms with E-state index >= 15 is 0 Å². The van der Waals surface area contributed by atoms with Gasteiger partial charge >= 0.3 is 0 Å². The van der Waals surface area contributed by atoms with Gasteiger partial charge in [0.25, 0.3) is 5.91 Å². The lowest BCUT2D eigenvalue weighted by Gasteiger charge is -2.26. The van der Waals surface area contributed by atoms with Crippen LogP contribution in [0, 0.1) is 12.3 Å². The van der Waals surface area contributed by atoms with E-state index in [-0.39, 0.29) is 5.91 Å². The molecular formula is C13H18BrNOS. The molecule has 1 amide bonds. The molecule has 1 fully saturated rings. The van der Waals surface area contributed by atoms with E-state index in [1.54, 1.807) is 11.3 Å². The van der Waals surface area contributed by atoms with Gasteiger partial charge in [-0.25, -0.2) is 0 Å². The van der Waals surface area contributed by atoms with E-state index in [4.69, 9.17) is 0 Å². The molecule has 1 aromatic rings. The van der Waals surface area contributed by atoms with E-state index < -0.39 is 0 Å². The molecule has 1 aromatic heterocycles. The van der Waals surface area contributed by atoms with Crippen molar-refractivity contribution in [2.45, 2.75) is 32.6 Å². The van der Waals surface area contributed by atoms with Crippen LogP contribution in [-0.4, -0.2) is 17.8 Å². The van der Waals surface area contributed by atoms with Crippen molar-refractivity contribution in [3.05, 3.63) is 21.9 Å². The number of thiophene rings is 1. The Hall–Kier alpha value is -0.350. The number of carbonyl (C=O) groups is 1. The largest absolute Gasteiger partial charge is 0.351 e.